The van der Waals surface area contributed by atoms with Crippen molar-refractivity contribution >= 4 is 29.0 Å². The van der Waals surface area contributed by atoms with Crippen molar-refractivity contribution in [1.82, 2.24) is 4.98 Å². The van der Waals surface area contributed by atoms with Crippen molar-refractivity contribution in [2.75, 3.05) is 0 Å². The Balaban J connectivity index is 2.07. The molecular weight excluding hydrogens is 285 g/mol. The molecule has 6 heteroatoms. The number of amidine groups is 1. The predicted octanol–water partition coefficient (Wildman–Crippen LogP) is 3.25. The maximum Gasteiger partial charge on any atom is 0.141 e. The van der Waals surface area contributed by atoms with Gasteiger partial charge >= 0.3 is 0 Å². The molecule has 98 valence electrons. The van der Waals surface area contributed by atoms with Gasteiger partial charge in [-0.1, -0.05) is 23.2 Å². The van der Waals surface area contributed by atoms with Gasteiger partial charge < -0.3 is 10.5 Å². The second kappa shape index (κ2) is 5.91. The molecule has 0 spiro atoms. The van der Waals surface area contributed by atoms with Crippen molar-refractivity contribution in [3.63, 3.8) is 0 Å². The second-order valence-corrected chi connectivity index (χ2v) is 4.64. The number of aromatic nitrogens is 1. The van der Waals surface area contributed by atoms with Crippen LogP contribution in [0.4, 0.5) is 0 Å². The molecule has 1 aromatic heterocycles. The van der Waals surface area contributed by atoms with Crippen molar-refractivity contribution in [2.24, 2.45) is 5.73 Å². The molecule has 4 nitrogen and oxygen atoms in total. The van der Waals surface area contributed by atoms with Crippen LogP contribution in [-0.4, -0.2) is 10.8 Å². The van der Waals surface area contributed by atoms with Crippen LogP contribution in [0.2, 0.25) is 10.0 Å². The molecule has 1 heterocycles. The Kier molecular flexibility index (Phi) is 4.24. The number of nitrogens with two attached hydrogens (primary N) is 1. The van der Waals surface area contributed by atoms with Gasteiger partial charge in [-0.25, -0.2) is 0 Å². The number of benzene rings is 1. The van der Waals surface area contributed by atoms with Gasteiger partial charge in [-0.3, -0.25) is 10.4 Å². The van der Waals surface area contributed by atoms with Crippen LogP contribution in [0.15, 0.2) is 36.5 Å². The summed E-state index contributed by atoms with van der Waals surface area (Å²) in [6.07, 6.45) is 1.59. The number of rotatable bonds is 4. The van der Waals surface area contributed by atoms with Gasteiger partial charge in [-0.15, -0.1) is 0 Å². The van der Waals surface area contributed by atoms with E-state index >= 15 is 0 Å². The van der Waals surface area contributed by atoms with E-state index in [0.717, 1.165) is 5.56 Å². The van der Waals surface area contributed by atoms with Crippen LogP contribution in [0.5, 0.6) is 5.75 Å². The van der Waals surface area contributed by atoms with E-state index in [4.69, 9.17) is 39.1 Å². The number of hydrogen-bond acceptors (Lipinski definition) is 3. The molecule has 0 aliphatic rings. The first-order valence-corrected chi connectivity index (χ1v) is 6.19. The highest BCUT2D eigenvalue weighted by Gasteiger charge is 2.03. The Hall–Kier alpha value is -1.78. The lowest BCUT2D eigenvalue weighted by Crippen LogP contribution is -2.13. The van der Waals surface area contributed by atoms with Gasteiger partial charge in [0.05, 0.1) is 10.0 Å². The van der Waals surface area contributed by atoms with Gasteiger partial charge in [0.25, 0.3) is 0 Å². The Morgan fingerprint density at radius 3 is 2.68 bits per heavy atom. The summed E-state index contributed by atoms with van der Waals surface area (Å²) in [4.78, 5) is 3.98. The van der Waals surface area contributed by atoms with E-state index in [2.05, 4.69) is 4.98 Å². The lowest BCUT2D eigenvalue weighted by molar-refractivity contribution is 0.306. The highest BCUT2D eigenvalue weighted by Crippen LogP contribution is 2.26. The molecule has 19 heavy (non-hydrogen) atoms. The average Bonchev–Trinajstić information content (AvgIpc) is 2.40. The van der Waals surface area contributed by atoms with Crippen molar-refractivity contribution in [1.29, 1.82) is 5.41 Å². The maximum atomic E-state index is 7.32. The van der Waals surface area contributed by atoms with Gasteiger partial charge in [0.15, 0.2) is 0 Å². The molecule has 0 atom stereocenters. The quantitative estimate of drug-likeness (QED) is 0.672. The number of ether oxygens (including phenoxy) is 1. The summed E-state index contributed by atoms with van der Waals surface area (Å²) < 4.78 is 5.58. The standard InChI is InChI=1S/C13H11Cl2N3O/c14-10-2-1-9(6-11(10)15)19-7-8-3-4-18-12(5-8)13(16)17/h1-6H,7H2,(H3,16,17). The average molecular weight is 296 g/mol. The van der Waals surface area contributed by atoms with Crippen molar-refractivity contribution in [3.05, 3.63) is 57.8 Å². The molecule has 3 N–H and O–H groups in total. The van der Waals surface area contributed by atoms with Crippen LogP contribution in [0.25, 0.3) is 0 Å². The zero-order chi connectivity index (χ0) is 13.8. The van der Waals surface area contributed by atoms with Crippen molar-refractivity contribution in [3.8, 4) is 5.75 Å². The van der Waals surface area contributed by atoms with E-state index in [1.54, 1.807) is 36.5 Å². The number of halogens is 2. The molecule has 0 aliphatic heterocycles. The lowest BCUT2D eigenvalue weighted by Gasteiger charge is -2.08. The summed E-state index contributed by atoms with van der Waals surface area (Å²) in [7, 11) is 0. The number of nitrogens with zero attached hydrogens (tertiary/aromatic N) is 1. The minimum absolute atomic E-state index is 0.0728. The van der Waals surface area contributed by atoms with Crippen LogP contribution in [0.3, 0.4) is 0 Å². The summed E-state index contributed by atoms with van der Waals surface area (Å²) in [6.45, 7) is 0.334. The number of hydrogen-bond donors (Lipinski definition) is 2. The zero-order valence-electron chi connectivity index (χ0n) is 9.86. The van der Waals surface area contributed by atoms with Gasteiger partial charge in [0.2, 0.25) is 0 Å². The van der Waals surface area contributed by atoms with E-state index in [9.17, 15) is 0 Å². The lowest BCUT2D eigenvalue weighted by atomic mass is 10.2. The molecule has 0 amide bonds. The van der Waals surface area contributed by atoms with E-state index in [-0.39, 0.29) is 5.84 Å². The van der Waals surface area contributed by atoms with Crippen LogP contribution >= 0.6 is 23.2 Å². The Morgan fingerprint density at radius 2 is 2.00 bits per heavy atom. The largest absolute Gasteiger partial charge is 0.489 e. The highest BCUT2D eigenvalue weighted by molar-refractivity contribution is 6.42. The minimum atomic E-state index is -0.0728. The highest BCUT2D eigenvalue weighted by atomic mass is 35.5. The first-order valence-electron chi connectivity index (χ1n) is 5.43. The van der Waals surface area contributed by atoms with E-state index in [1.165, 1.54) is 0 Å². The number of pyridine rings is 1. The van der Waals surface area contributed by atoms with E-state index in [0.29, 0.717) is 28.1 Å². The Morgan fingerprint density at radius 1 is 1.21 bits per heavy atom. The van der Waals surface area contributed by atoms with Gasteiger partial charge in [0, 0.05) is 12.3 Å². The number of nitrogen functional groups attached to an aromatic ring is 1. The first-order chi connectivity index (χ1) is 9.06. The normalized spacial score (nSPS) is 10.2. The van der Waals surface area contributed by atoms with Crippen molar-refractivity contribution in [2.45, 2.75) is 6.61 Å². The fourth-order valence-corrected chi connectivity index (χ4v) is 1.73. The number of nitrogens with one attached hydrogen (secondary N) is 1. The van der Waals surface area contributed by atoms with Crippen LogP contribution in [-0.2, 0) is 6.61 Å². The van der Waals surface area contributed by atoms with Crippen LogP contribution in [0, 0.1) is 5.41 Å². The molecule has 0 unspecified atom stereocenters. The minimum Gasteiger partial charge on any atom is -0.489 e. The fraction of sp³-hybridized carbons (Fsp3) is 0.0769. The SMILES string of the molecule is N=C(N)c1cc(COc2ccc(Cl)c(Cl)c2)ccn1. The third-order valence-corrected chi connectivity index (χ3v) is 3.14. The van der Waals surface area contributed by atoms with E-state index in [1.807, 2.05) is 0 Å². The van der Waals surface area contributed by atoms with Crippen LogP contribution in [0.1, 0.15) is 11.3 Å². The van der Waals surface area contributed by atoms with Crippen molar-refractivity contribution < 1.29 is 4.74 Å². The third kappa shape index (κ3) is 3.59. The van der Waals surface area contributed by atoms with E-state index < -0.39 is 0 Å². The maximum absolute atomic E-state index is 7.32. The Labute approximate surface area is 120 Å². The molecule has 2 rings (SSSR count). The summed E-state index contributed by atoms with van der Waals surface area (Å²) >= 11 is 11.7. The summed E-state index contributed by atoms with van der Waals surface area (Å²) in [5.74, 6) is 0.548. The smallest absolute Gasteiger partial charge is 0.141 e. The Bertz CT molecular complexity index is 617. The fourth-order valence-electron chi connectivity index (χ4n) is 1.44. The molecule has 0 aliphatic carbocycles. The van der Waals surface area contributed by atoms with Gasteiger partial charge in [0.1, 0.15) is 23.9 Å². The molecule has 1 aromatic carbocycles. The topological polar surface area (TPSA) is 72.0 Å². The molecule has 0 radical (unpaired) electrons. The zero-order valence-corrected chi connectivity index (χ0v) is 11.4. The molecule has 0 bridgehead atoms. The van der Waals surface area contributed by atoms with Gasteiger partial charge in [-0.2, -0.15) is 0 Å². The molecule has 2 aromatic rings. The first kappa shape index (κ1) is 13.6. The van der Waals surface area contributed by atoms with Gasteiger partial charge in [-0.05, 0) is 29.8 Å². The summed E-state index contributed by atoms with van der Waals surface area (Å²) in [6, 6.07) is 8.56. The predicted molar refractivity (Wildman–Crippen MR) is 76.0 cm³/mol. The summed E-state index contributed by atoms with van der Waals surface area (Å²) in [5.41, 5.74) is 6.67. The molecular formula is C13H11Cl2N3O. The third-order valence-electron chi connectivity index (χ3n) is 2.40. The summed E-state index contributed by atoms with van der Waals surface area (Å²) in [5, 5.41) is 8.25. The monoisotopic (exact) mass is 295 g/mol. The molecule has 0 fully saturated rings. The molecule has 0 saturated heterocycles. The second-order valence-electron chi connectivity index (χ2n) is 3.83. The molecule has 0 saturated carbocycles. The van der Waals surface area contributed by atoms with Crippen LogP contribution < -0.4 is 10.5 Å².